The first-order valence-electron chi connectivity index (χ1n) is 7.59. The molecule has 0 spiro atoms. The Kier molecular flexibility index (Phi) is 4.02. The maximum atomic E-state index is 12.5. The maximum Gasteiger partial charge on any atom is 0.290 e. The largest absolute Gasteiger partial charge is 0.456 e. The van der Waals surface area contributed by atoms with Crippen molar-refractivity contribution in [3.63, 3.8) is 0 Å². The molecular formula is C18H11N3O4S. The number of hydrogen-bond donors (Lipinski definition) is 2. The Hall–Kier alpha value is -3.39. The number of hydrogen-bond acceptors (Lipinski definition) is 6. The van der Waals surface area contributed by atoms with E-state index in [-0.39, 0.29) is 16.4 Å². The van der Waals surface area contributed by atoms with Crippen LogP contribution in [0.4, 0.5) is 10.5 Å². The minimum atomic E-state index is -0.472. The highest BCUT2D eigenvalue weighted by Crippen LogP contribution is 2.29. The minimum Gasteiger partial charge on any atom is -0.456 e. The van der Waals surface area contributed by atoms with E-state index in [1.54, 1.807) is 24.4 Å². The number of benzene rings is 1. The fourth-order valence-electron chi connectivity index (χ4n) is 2.49. The molecule has 128 valence electrons. The van der Waals surface area contributed by atoms with E-state index >= 15 is 0 Å². The predicted molar refractivity (Wildman–Crippen MR) is 97.5 cm³/mol. The topological polar surface area (TPSA) is 101 Å². The second kappa shape index (κ2) is 6.49. The van der Waals surface area contributed by atoms with Crippen LogP contribution >= 0.6 is 11.8 Å². The molecular weight excluding hydrogens is 354 g/mol. The molecule has 3 heterocycles. The van der Waals surface area contributed by atoms with Crippen LogP contribution in [0, 0.1) is 0 Å². The summed E-state index contributed by atoms with van der Waals surface area (Å²) in [4.78, 5) is 39.7. The number of fused-ring (bicyclic) bond motifs is 1. The highest BCUT2D eigenvalue weighted by Gasteiger charge is 2.25. The van der Waals surface area contributed by atoms with E-state index in [9.17, 15) is 14.4 Å². The number of furan rings is 1. The number of imide groups is 1. The van der Waals surface area contributed by atoms with Gasteiger partial charge in [-0.25, -0.2) is 0 Å². The molecule has 0 saturated carbocycles. The van der Waals surface area contributed by atoms with Crippen LogP contribution in [0.1, 0.15) is 16.1 Å². The van der Waals surface area contributed by atoms with Gasteiger partial charge in [0.2, 0.25) is 0 Å². The van der Waals surface area contributed by atoms with Crippen molar-refractivity contribution < 1.29 is 18.8 Å². The molecule has 4 rings (SSSR count). The molecule has 0 radical (unpaired) electrons. The number of para-hydroxylation sites is 1. The number of thioether (sulfide) groups is 1. The Labute approximate surface area is 151 Å². The molecule has 7 nitrogen and oxygen atoms in total. The molecule has 0 unspecified atom stereocenters. The van der Waals surface area contributed by atoms with Gasteiger partial charge in [-0.3, -0.25) is 24.7 Å². The van der Waals surface area contributed by atoms with Gasteiger partial charge in [0.15, 0.2) is 5.58 Å². The first-order chi connectivity index (χ1) is 12.6. The number of anilines is 1. The third kappa shape index (κ3) is 3.09. The second-order valence-corrected chi connectivity index (χ2v) is 6.44. The van der Waals surface area contributed by atoms with Crippen LogP contribution < -0.4 is 10.6 Å². The lowest BCUT2D eigenvalue weighted by Crippen LogP contribution is -2.17. The number of carbonyl (C=O) groups is 3. The normalized spacial score (nSPS) is 15.5. The maximum absolute atomic E-state index is 12.5. The van der Waals surface area contributed by atoms with Gasteiger partial charge < -0.3 is 9.73 Å². The molecule has 1 saturated heterocycles. The molecule has 1 aliphatic rings. The van der Waals surface area contributed by atoms with E-state index in [1.165, 1.54) is 12.3 Å². The second-order valence-electron chi connectivity index (χ2n) is 5.43. The highest BCUT2D eigenvalue weighted by molar-refractivity contribution is 8.18. The summed E-state index contributed by atoms with van der Waals surface area (Å²) in [6.45, 7) is 0. The van der Waals surface area contributed by atoms with Crippen molar-refractivity contribution in [2.45, 2.75) is 0 Å². The van der Waals surface area contributed by atoms with Crippen molar-refractivity contribution in [3.05, 3.63) is 65.0 Å². The van der Waals surface area contributed by atoms with Gasteiger partial charge in [0, 0.05) is 29.5 Å². The van der Waals surface area contributed by atoms with E-state index in [0.29, 0.717) is 22.4 Å². The predicted octanol–water partition coefficient (Wildman–Crippen LogP) is 3.40. The smallest absolute Gasteiger partial charge is 0.290 e. The van der Waals surface area contributed by atoms with Gasteiger partial charge in [0.25, 0.3) is 17.1 Å². The number of amides is 3. The van der Waals surface area contributed by atoms with Gasteiger partial charge >= 0.3 is 0 Å². The lowest BCUT2D eigenvalue weighted by atomic mass is 10.2. The summed E-state index contributed by atoms with van der Waals surface area (Å²) in [5.74, 6) is -0.472. The molecule has 2 aromatic heterocycles. The Morgan fingerprint density at radius 1 is 1.19 bits per heavy atom. The molecule has 1 aliphatic heterocycles. The molecule has 1 aromatic carbocycles. The average Bonchev–Trinajstić information content (AvgIpc) is 3.17. The van der Waals surface area contributed by atoms with Crippen LogP contribution in [0.15, 0.2) is 58.1 Å². The number of nitrogens with zero attached hydrogens (tertiary/aromatic N) is 1. The quantitative estimate of drug-likeness (QED) is 0.690. The van der Waals surface area contributed by atoms with Crippen LogP contribution in [-0.2, 0) is 4.79 Å². The van der Waals surface area contributed by atoms with E-state index in [2.05, 4.69) is 15.6 Å². The number of rotatable bonds is 3. The summed E-state index contributed by atoms with van der Waals surface area (Å²) < 4.78 is 5.72. The van der Waals surface area contributed by atoms with Crippen molar-refractivity contribution in [3.8, 4) is 0 Å². The summed E-state index contributed by atoms with van der Waals surface area (Å²) in [5.41, 5.74) is 1.28. The number of pyridine rings is 1. The van der Waals surface area contributed by atoms with Gasteiger partial charge in [-0.15, -0.1) is 0 Å². The van der Waals surface area contributed by atoms with Crippen molar-refractivity contribution in [1.82, 2.24) is 10.3 Å². The summed E-state index contributed by atoms with van der Waals surface area (Å²) >= 11 is 0.797. The van der Waals surface area contributed by atoms with Crippen LogP contribution in [0.3, 0.4) is 0 Å². The van der Waals surface area contributed by atoms with Crippen LogP contribution in [0.25, 0.3) is 17.0 Å². The van der Waals surface area contributed by atoms with Crippen LogP contribution in [0.2, 0.25) is 0 Å². The summed E-state index contributed by atoms with van der Waals surface area (Å²) in [7, 11) is 0. The van der Waals surface area contributed by atoms with Crippen LogP contribution in [-0.4, -0.2) is 22.0 Å². The number of nitrogens with one attached hydrogen (secondary N) is 2. The third-order valence-electron chi connectivity index (χ3n) is 3.63. The lowest BCUT2D eigenvalue weighted by molar-refractivity contribution is -0.115. The fourth-order valence-corrected chi connectivity index (χ4v) is 3.15. The fraction of sp³-hybridized carbons (Fsp3) is 0. The van der Waals surface area contributed by atoms with Crippen LogP contribution in [0.5, 0.6) is 0 Å². The first-order valence-corrected chi connectivity index (χ1v) is 8.40. The molecule has 2 N–H and O–H groups in total. The van der Waals surface area contributed by atoms with Crippen molar-refractivity contribution in [2.24, 2.45) is 0 Å². The van der Waals surface area contributed by atoms with Crippen molar-refractivity contribution in [2.75, 3.05) is 5.32 Å². The molecule has 0 bridgehead atoms. The zero-order chi connectivity index (χ0) is 18.1. The van der Waals surface area contributed by atoms with Gasteiger partial charge in [-0.2, -0.15) is 0 Å². The monoisotopic (exact) mass is 365 g/mol. The third-order valence-corrected chi connectivity index (χ3v) is 4.44. The first kappa shape index (κ1) is 16.1. The minimum absolute atomic E-state index is 0.234. The van der Waals surface area contributed by atoms with Crippen molar-refractivity contribution in [1.29, 1.82) is 0 Å². The molecule has 8 heteroatoms. The Bertz CT molecular complexity index is 1070. The van der Waals surface area contributed by atoms with E-state index < -0.39 is 11.1 Å². The Balaban J connectivity index is 1.68. The van der Waals surface area contributed by atoms with Gasteiger partial charge in [0.05, 0.1) is 4.91 Å². The molecule has 26 heavy (non-hydrogen) atoms. The lowest BCUT2D eigenvalue weighted by Gasteiger charge is -2.04. The summed E-state index contributed by atoms with van der Waals surface area (Å²) in [6, 6.07) is 10.7. The molecule has 0 aliphatic carbocycles. The average molecular weight is 365 g/mol. The zero-order valence-corrected chi connectivity index (χ0v) is 14.0. The summed E-state index contributed by atoms with van der Waals surface area (Å²) in [6.07, 6.45) is 4.44. The van der Waals surface area contributed by atoms with Gasteiger partial charge in [-0.05, 0) is 30.0 Å². The number of aromatic nitrogens is 1. The molecule has 3 aromatic rings. The van der Waals surface area contributed by atoms with Gasteiger partial charge in [-0.1, -0.05) is 18.2 Å². The van der Waals surface area contributed by atoms with Gasteiger partial charge in [0.1, 0.15) is 11.3 Å². The van der Waals surface area contributed by atoms with E-state index in [4.69, 9.17) is 4.42 Å². The Morgan fingerprint density at radius 3 is 2.73 bits per heavy atom. The number of carbonyl (C=O) groups excluding carboxylic acids is 3. The Morgan fingerprint density at radius 2 is 2.00 bits per heavy atom. The van der Waals surface area contributed by atoms with E-state index in [1.807, 2.05) is 18.2 Å². The van der Waals surface area contributed by atoms with Crippen molar-refractivity contribution >= 4 is 51.5 Å². The highest BCUT2D eigenvalue weighted by atomic mass is 32.2. The molecule has 0 atom stereocenters. The molecule has 1 fully saturated rings. The SMILES string of the molecule is O=C1NC(=O)/C(=C\c2cc3cncc(C(=O)Nc4ccccc4)c3o2)S1. The zero-order valence-electron chi connectivity index (χ0n) is 13.2. The standard InChI is InChI=1S/C18H11N3O4S/c22-16(20-11-4-2-1-3-5-11)13-9-19-8-10-6-12(25-15(10)13)7-14-17(23)21-18(24)26-14/h1-9H,(H,20,22)(H,21,23,24)/b14-7+. The summed E-state index contributed by atoms with van der Waals surface area (Å²) in [5, 5.41) is 5.14. The van der Waals surface area contributed by atoms with E-state index in [0.717, 1.165) is 11.8 Å². The molecule has 3 amide bonds.